The van der Waals surface area contributed by atoms with Crippen molar-refractivity contribution in [2.45, 2.75) is 13.5 Å². The minimum Gasteiger partial charge on any atom is -0.618 e. The van der Waals surface area contributed by atoms with Crippen molar-refractivity contribution in [1.82, 2.24) is 4.98 Å². The van der Waals surface area contributed by atoms with Crippen LogP contribution in [-0.4, -0.2) is 30.6 Å². The fraction of sp³-hybridized carbons (Fsp3) is 0.200. The maximum absolute atomic E-state index is 12.9. The van der Waals surface area contributed by atoms with Gasteiger partial charge in [-0.25, -0.2) is 14.6 Å². The second kappa shape index (κ2) is 9.15. The summed E-state index contributed by atoms with van der Waals surface area (Å²) < 4.78 is 15.7. The number of esters is 2. The number of benzene rings is 2. The first-order chi connectivity index (χ1) is 14.4. The van der Waals surface area contributed by atoms with E-state index in [4.69, 9.17) is 37.4 Å². The van der Waals surface area contributed by atoms with Crippen LogP contribution in [0.5, 0.6) is 5.75 Å². The highest BCUT2D eigenvalue weighted by Crippen LogP contribution is 2.26. The second-order valence-corrected chi connectivity index (χ2v) is 6.77. The van der Waals surface area contributed by atoms with Gasteiger partial charge in [0, 0.05) is 6.07 Å². The number of ether oxygens (including phenoxy) is 3. The van der Waals surface area contributed by atoms with Crippen LogP contribution in [-0.2, 0) is 16.1 Å². The van der Waals surface area contributed by atoms with Crippen molar-refractivity contribution in [2.24, 2.45) is 0 Å². The van der Waals surface area contributed by atoms with E-state index in [1.807, 2.05) is 0 Å². The Morgan fingerprint density at radius 1 is 1.10 bits per heavy atom. The monoisotopic (exact) mass is 450 g/mol. The molecule has 2 aromatic carbocycles. The SMILES string of the molecule is CCOC(=O)c1c(COC(=O)c2ccccc2OC)nc2cc(Cl)c(Cl)cc2[n+]1[O-]. The number of methoxy groups -OCH3 is 1. The van der Waals surface area contributed by atoms with Gasteiger partial charge in [0.15, 0.2) is 5.69 Å². The molecule has 0 spiro atoms. The third kappa shape index (κ3) is 4.24. The number of hydrogen-bond donors (Lipinski definition) is 0. The molecule has 0 radical (unpaired) electrons. The lowest BCUT2D eigenvalue weighted by molar-refractivity contribution is -0.581. The van der Waals surface area contributed by atoms with Gasteiger partial charge in [-0.15, -0.1) is 0 Å². The minimum absolute atomic E-state index is 0.0206. The van der Waals surface area contributed by atoms with Crippen molar-refractivity contribution < 1.29 is 28.5 Å². The molecule has 0 aliphatic carbocycles. The van der Waals surface area contributed by atoms with E-state index in [2.05, 4.69) is 4.98 Å². The van der Waals surface area contributed by atoms with E-state index in [0.29, 0.717) is 10.5 Å². The first-order valence-corrected chi connectivity index (χ1v) is 9.51. The lowest BCUT2D eigenvalue weighted by Crippen LogP contribution is -2.39. The Hall–Kier alpha value is -3.10. The first kappa shape index (κ1) is 21.6. The Bertz CT molecular complexity index is 1140. The summed E-state index contributed by atoms with van der Waals surface area (Å²) in [6, 6.07) is 9.16. The molecule has 0 N–H and O–H groups in total. The van der Waals surface area contributed by atoms with E-state index in [9.17, 15) is 14.8 Å². The number of hydrogen-bond acceptors (Lipinski definition) is 7. The highest BCUT2D eigenvalue weighted by molar-refractivity contribution is 6.42. The summed E-state index contributed by atoms with van der Waals surface area (Å²) in [5, 5.41) is 13.2. The first-order valence-electron chi connectivity index (χ1n) is 8.75. The molecular formula is C20H16Cl2N2O6. The van der Waals surface area contributed by atoms with Crippen LogP contribution in [0.2, 0.25) is 10.0 Å². The third-order valence-corrected chi connectivity index (χ3v) is 4.83. The molecule has 3 aromatic rings. The summed E-state index contributed by atoms with van der Waals surface area (Å²) in [4.78, 5) is 29.2. The van der Waals surface area contributed by atoms with Crippen molar-refractivity contribution in [1.29, 1.82) is 0 Å². The molecule has 0 amide bonds. The number of para-hydroxylation sites is 1. The average molecular weight is 451 g/mol. The van der Waals surface area contributed by atoms with Gasteiger partial charge >= 0.3 is 17.6 Å². The van der Waals surface area contributed by atoms with Crippen molar-refractivity contribution >= 4 is 46.2 Å². The molecule has 0 saturated heterocycles. The molecule has 0 aliphatic rings. The van der Waals surface area contributed by atoms with Gasteiger partial charge in [0.25, 0.3) is 0 Å². The number of carbonyl (C=O) groups is 2. The van der Waals surface area contributed by atoms with Gasteiger partial charge in [0.05, 0.1) is 23.8 Å². The van der Waals surface area contributed by atoms with Crippen LogP contribution >= 0.6 is 23.2 Å². The Labute approximate surface area is 181 Å². The number of fused-ring (bicyclic) bond motifs is 1. The molecule has 30 heavy (non-hydrogen) atoms. The average Bonchev–Trinajstić information content (AvgIpc) is 2.73. The van der Waals surface area contributed by atoms with Crippen molar-refractivity contribution in [3.63, 3.8) is 0 Å². The number of halogens is 2. The molecule has 0 unspecified atom stereocenters. The summed E-state index contributed by atoms with van der Waals surface area (Å²) >= 11 is 12.0. The lowest BCUT2D eigenvalue weighted by Gasteiger charge is -2.12. The molecule has 0 aliphatic heterocycles. The molecule has 3 rings (SSSR count). The standard InChI is InChI=1S/C20H16Cl2N2O6/c1-3-29-20(26)18-15(10-30-19(25)11-6-4-5-7-17(11)28-2)23-14-8-12(21)13(22)9-16(14)24(18)27/h4-9H,3,10H2,1-2H3. The van der Waals surface area contributed by atoms with Gasteiger partial charge in [0.1, 0.15) is 23.4 Å². The smallest absolute Gasteiger partial charge is 0.407 e. The van der Waals surface area contributed by atoms with Crippen molar-refractivity contribution in [3.8, 4) is 5.75 Å². The zero-order valence-electron chi connectivity index (χ0n) is 16.0. The van der Waals surface area contributed by atoms with Crippen molar-refractivity contribution in [3.05, 3.63) is 68.6 Å². The highest BCUT2D eigenvalue weighted by Gasteiger charge is 2.29. The maximum atomic E-state index is 12.9. The van der Waals surface area contributed by atoms with Crippen LogP contribution in [0.25, 0.3) is 11.0 Å². The van der Waals surface area contributed by atoms with E-state index < -0.39 is 24.2 Å². The zero-order chi connectivity index (χ0) is 21.8. The van der Waals surface area contributed by atoms with E-state index in [1.54, 1.807) is 25.1 Å². The predicted molar refractivity (Wildman–Crippen MR) is 109 cm³/mol. The van der Waals surface area contributed by atoms with Crippen LogP contribution < -0.4 is 9.47 Å². The van der Waals surface area contributed by atoms with E-state index in [-0.39, 0.29) is 38.9 Å². The van der Waals surface area contributed by atoms with Crippen LogP contribution in [0.1, 0.15) is 33.5 Å². The lowest BCUT2D eigenvalue weighted by atomic mass is 10.2. The fourth-order valence-corrected chi connectivity index (χ4v) is 3.06. The largest absolute Gasteiger partial charge is 0.618 e. The van der Waals surface area contributed by atoms with Gasteiger partial charge in [-0.05, 0) is 25.1 Å². The Morgan fingerprint density at radius 2 is 1.80 bits per heavy atom. The molecule has 1 heterocycles. The van der Waals surface area contributed by atoms with E-state index >= 15 is 0 Å². The molecular weight excluding hydrogens is 435 g/mol. The highest BCUT2D eigenvalue weighted by atomic mass is 35.5. The molecule has 1 aromatic heterocycles. The van der Waals surface area contributed by atoms with Gasteiger partial charge < -0.3 is 19.4 Å². The Balaban J connectivity index is 2.02. The van der Waals surface area contributed by atoms with Gasteiger partial charge in [-0.1, -0.05) is 35.3 Å². The molecule has 0 bridgehead atoms. The molecule has 8 nitrogen and oxygen atoms in total. The van der Waals surface area contributed by atoms with Crippen LogP contribution in [0.4, 0.5) is 0 Å². The van der Waals surface area contributed by atoms with Crippen LogP contribution in [0.15, 0.2) is 36.4 Å². The number of rotatable bonds is 6. The Kier molecular flexibility index (Phi) is 6.59. The summed E-state index contributed by atoms with van der Waals surface area (Å²) in [6.07, 6.45) is 0. The fourth-order valence-electron chi connectivity index (χ4n) is 2.74. The molecule has 10 heteroatoms. The van der Waals surface area contributed by atoms with Crippen LogP contribution in [0.3, 0.4) is 0 Å². The van der Waals surface area contributed by atoms with Gasteiger partial charge in [-0.2, -0.15) is 4.73 Å². The summed E-state index contributed by atoms with van der Waals surface area (Å²) in [5.41, 5.74) is -0.112. The number of carbonyl (C=O) groups excluding carboxylic acids is 2. The zero-order valence-corrected chi connectivity index (χ0v) is 17.5. The second-order valence-electron chi connectivity index (χ2n) is 5.95. The quantitative estimate of drug-likeness (QED) is 0.320. The predicted octanol–water partition coefficient (Wildman–Crippen LogP) is 3.72. The minimum atomic E-state index is -0.906. The third-order valence-electron chi connectivity index (χ3n) is 4.10. The molecule has 0 atom stereocenters. The number of aromatic nitrogens is 2. The maximum Gasteiger partial charge on any atom is 0.407 e. The van der Waals surface area contributed by atoms with Crippen molar-refractivity contribution in [2.75, 3.05) is 13.7 Å². The number of nitrogens with zero attached hydrogens (tertiary/aromatic N) is 2. The molecule has 0 saturated carbocycles. The van der Waals surface area contributed by atoms with Gasteiger partial charge in [0.2, 0.25) is 5.52 Å². The molecule has 0 fully saturated rings. The Morgan fingerprint density at radius 3 is 2.50 bits per heavy atom. The normalized spacial score (nSPS) is 10.7. The van der Waals surface area contributed by atoms with Crippen LogP contribution in [0, 0.1) is 5.21 Å². The van der Waals surface area contributed by atoms with Gasteiger partial charge in [-0.3, -0.25) is 0 Å². The topological polar surface area (TPSA) is 102 Å². The summed E-state index contributed by atoms with van der Waals surface area (Å²) in [5.74, 6) is -1.30. The van der Waals surface area contributed by atoms with E-state index in [1.165, 1.54) is 25.3 Å². The van der Waals surface area contributed by atoms with E-state index in [0.717, 1.165) is 0 Å². The summed E-state index contributed by atoms with van der Waals surface area (Å²) in [7, 11) is 1.42. The summed E-state index contributed by atoms with van der Waals surface area (Å²) in [6.45, 7) is 1.18. The molecule has 156 valence electrons.